The highest BCUT2D eigenvalue weighted by molar-refractivity contribution is 7.80. The van der Waals surface area contributed by atoms with Gasteiger partial charge in [0.1, 0.15) is 17.3 Å². The molecule has 1 aromatic carbocycles. The summed E-state index contributed by atoms with van der Waals surface area (Å²) in [6.07, 6.45) is 4.37. The van der Waals surface area contributed by atoms with Crippen molar-refractivity contribution in [3.8, 4) is 11.3 Å². The van der Waals surface area contributed by atoms with Crippen molar-refractivity contribution >= 4 is 28.8 Å². The second kappa shape index (κ2) is 9.09. The zero-order valence-corrected chi connectivity index (χ0v) is 17.4. The second-order valence-electron chi connectivity index (χ2n) is 7.54. The van der Waals surface area contributed by atoms with Gasteiger partial charge in [0.15, 0.2) is 5.11 Å². The second-order valence-corrected chi connectivity index (χ2v) is 7.95. The van der Waals surface area contributed by atoms with E-state index in [-0.39, 0.29) is 0 Å². The summed E-state index contributed by atoms with van der Waals surface area (Å²) in [6.45, 7) is 4.98. The van der Waals surface area contributed by atoms with Crippen molar-refractivity contribution in [3.05, 3.63) is 66.6 Å². The van der Waals surface area contributed by atoms with E-state index in [9.17, 15) is 0 Å². The lowest BCUT2D eigenvalue weighted by Gasteiger charge is -2.31. The van der Waals surface area contributed by atoms with E-state index < -0.39 is 0 Å². The molecule has 6 heteroatoms. The molecule has 1 saturated heterocycles. The Labute approximate surface area is 177 Å². The van der Waals surface area contributed by atoms with Gasteiger partial charge in [-0.2, -0.15) is 0 Å². The van der Waals surface area contributed by atoms with Crippen LogP contribution in [-0.4, -0.2) is 23.2 Å². The van der Waals surface area contributed by atoms with Crippen LogP contribution in [0.15, 0.2) is 65.2 Å². The molecule has 0 radical (unpaired) electrons. The van der Waals surface area contributed by atoms with Crippen molar-refractivity contribution in [2.24, 2.45) is 5.92 Å². The number of nitrogens with one attached hydrogen (secondary N) is 2. The van der Waals surface area contributed by atoms with Gasteiger partial charge in [0, 0.05) is 18.7 Å². The van der Waals surface area contributed by atoms with Gasteiger partial charge in [-0.05, 0) is 55.2 Å². The van der Waals surface area contributed by atoms with E-state index in [1.807, 2.05) is 54.7 Å². The number of piperidine rings is 1. The summed E-state index contributed by atoms with van der Waals surface area (Å²) in [4.78, 5) is 6.96. The molecule has 1 atom stereocenters. The summed E-state index contributed by atoms with van der Waals surface area (Å²) >= 11 is 5.41. The maximum absolute atomic E-state index is 5.89. The molecule has 150 valence electrons. The van der Waals surface area contributed by atoms with Crippen LogP contribution >= 0.6 is 12.2 Å². The molecule has 1 aliphatic heterocycles. The molecule has 0 saturated carbocycles. The van der Waals surface area contributed by atoms with E-state index in [0.717, 1.165) is 47.6 Å². The van der Waals surface area contributed by atoms with Crippen molar-refractivity contribution in [2.45, 2.75) is 26.3 Å². The van der Waals surface area contributed by atoms with Gasteiger partial charge in [0.25, 0.3) is 0 Å². The van der Waals surface area contributed by atoms with Crippen LogP contribution in [0.5, 0.6) is 0 Å². The Morgan fingerprint density at radius 3 is 2.79 bits per heavy atom. The molecular formula is C23H26N4OS. The molecule has 0 aliphatic carbocycles. The third kappa shape index (κ3) is 5.15. The predicted molar refractivity (Wildman–Crippen MR) is 122 cm³/mol. The largest absolute Gasteiger partial charge is 0.459 e. The number of anilines is 2. The van der Waals surface area contributed by atoms with Crippen molar-refractivity contribution in [3.63, 3.8) is 0 Å². The van der Waals surface area contributed by atoms with Crippen LogP contribution in [0.4, 0.5) is 11.5 Å². The lowest BCUT2D eigenvalue weighted by molar-refractivity contribution is 0.444. The van der Waals surface area contributed by atoms with Crippen LogP contribution in [-0.2, 0) is 6.54 Å². The first-order valence-electron chi connectivity index (χ1n) is 10.1. The molecule has 2 aromatic heterocycles. The van der Waals surface area contributed by atoms with Gasteiger partial charge in [-0.1, -0.05) is 37.3 Å². The van der Waals surface area contributed by atoms with E-state index >= 15 is 0 Å². The predicted octanol–water partition coefficient (Wildman–Crippen LogP) is 5.06. The zero-order valence-electron chi connectivity index (χ0n) is 16.6. The van der Waals surface area contributed by atoms with Gasteiger partial charge in [-0.3, -0.25) is 0 Å². The molecule has 0 amide bonds. The highest BCUT2D eigenvalue weighted by Gasteiger charge is 2.17. The van der Waals surface area contributed by atoms with Crippen LogP contribution < -0.4 is 15.5 Å². The van der Waals surface area contributed by atoms with E-state index in [1.54, 1.807) is 0 Å². The Morgan fingerprint density at radius 2 is 2.03 bits per heavy atom. The summed E-state index contributed by atoms with van der Waals surface area (Å²) in [5.74, 6) is 3.45. The minimum Gasteiger partial charge on any atom is -0.459 e. The number of furan rings is 1. The summed E-state index contributed by atoms with van der Waals surface area (Å²) < 4.78 is 5.89. The molecule has 29 heavy (non-hydrogen) atoms. The van der Waals surface area contributed by atoms with Crippen LogP contribution in [0.25, 0.3) is 11.3 Å². The Morgan fingerprint density at radius 1 is 1.17 bits per heavy atom. The fourth-order valence-corrected chi connectivity index (χ4v) is 3.81. The highest BCUT2D eigenvalue weighted by atomic mass is 32.1. The monoisotopic (exact) mass is 406 g/mol. The zero-order chi connectivity index (χ0) is 20.1. The molecule has 1 aliphatic rings. The molecule has 2 N–H and O–H groups in total. The van der Waals surface area contributed by atoms with Crippen LogP contribution in [0.2, 0.25) is 0 Å². The number of hydrogen-bond acceptors (Lipinski definition) is 4. The smallest absolute Gasteiger partial charge is 0.171 e. The Hall–Kier alpha value is -2.86. The molecule has 3 aromatic rings. The summed E-state index contributed by atoms with van der Waals surface area (Å²) in [6, 6.07) is 18.1. The van der Waals surface area contributed by atoms with E-state index in [4.69, 9.17) is 16.6 Å². The molecule has 4 rings (SSSR count). The van der Waals surface area contributed by atoms with Crippen molar-refractivity contribution < 1.29 is 4.42 Å². The van der Waals surface area contributed by atoms with Gasteiger partial charge in [-0.15, -0.1) is 0 Å². The maximum Gasteiger partial charge on any atom is 0.171 e. The summed E-state index contributed by atoms with van der Waals surface area (Å²) in [7, 11) is 0. The highest BCUT2D eigenvalue weighted by Crippen LogP contribution is 2.23. The third-order valence-electron chi connectivity index (χ3n) is 5.13. The molecule has 0 bridgehead atoms. The fourth-order valence-electron chi connectivity index (χ4n) is 3.62. The molecular weight excluding hydrogens is 380 g/mol. The standard InChI is InChI=1S/C23H26N4OS/c1-17-6-5-13-27(16-17)22-12-9-19(14-24-22)26-23(29)25-15-20-10-11-21(28-20)18-7-3-2-4-8-18/h2-4,7-12,14,17H,5-6,13,15-16H2,1H3,(H2,25,26,29)/t17-/m1/s1. The number of benzene rings is 1. The van der Waals surface area contributed by atoms with Gasteiger partial charge in [-0.25, -0.2) is 4.98 Å². The van der Waals surface area contributed by atoms with E-state index in [0.29, 0.717) is 11.7 Å². The topological polar surface area (TPSA) is 53.3 Å². The number of hydrogen-bond donors (Lipinski definition) is 2. The summed E-state index contributed by atoms with van der Waals surface area (Å²) in [5, 5.41) is 6.92. The van der Waals surface area contributed by atoms with E-state index in [2.05, 4.69) is 33.5 Å². The average Bonchev–Trinajstić information content (AvgIpc) is 3.23. The van der Waals surface area contributed by atoms with Crippen molar-refractivity contribution in [1.82, 2.24) is 10.3 Å². The molecule has 0 unspecified atom stereocenters. The first kappa shape index (κ1) is 19.5. The maximum atomic E-state index is 5.89. The lowest BCUT2D eigenvalue weighted by Crippen LogP contribution is -2.34. The fraction of sp³-hybridized carbons (Fsp3) is 0.304. The molecule has 0 spiro atoms. The number of pyridine rings is 1. The number of rotatable bonds is 5. The first-order valence-corrected chi connectivity index (χ1v) is 10.5. The molecule has 1 fully saturated rings. The molecule has 5 nitrogen and oxygen atoms in total. The first-order chi connectivity index (χ1) is 14.2. The Balaban J connectivity index is 1.28. The number of nitrogens with zero attached hydrogens (tertiary/aromatic N) is 2. The van der Waals surface area contributed by atoms with Crippen LogP contribution in [0, 0.1) is 5.92 Å². The van der Waals surface area contributed by atoms with Crippen molar-refractivity contribution in [1.29, 1.82) is 0 Å². The SMILES string of the molecule is C[C@@H]1CCCN(c2ccc(NC(=S)NCc3ccc(-c4ccccc4)o3)cn2)C1. The number of aromatic nitrogens is 1. The quantitative estimate of drug-likeness (QED) is 0.578. The number of thiocarbonyl (C=S) groups is 1. The average molecular weight is 407 g/mol. The third-order valence-corrected chi connectivity index (χ3v) is 5.38. The molecule has 3 heterocycles. The minimum atomic E-state index is 0.524. The Kier molecular flexibility index (Phi) is 6.10. The van der Waals surface area contributed by atoms with Crippen LogP contribution in [0.3, 0.4) is 0 Å². The normalized spacial score (nSPS) is 16.4. The minimum absolute atomic E-state index is 0.524. The Bertz CT molecular complexity index is 939. The van der Waals surface area contributed by atoms with Gasteiger partial charge < -0.3 is 20.0 Å². The van der Waals surface area contributed by atoms with E-state index in [1.165, 1.54) is 12.8 Å². The van der Waals surface area contributed by atoms with Gasteiger partial charge >= 0.3 is 0 Å². The van der Waals surface area contributed by atoms with Crippen molar-refractivity contribution in [2.75, 3.05) is 23.3 Å². The van der Waals surface area contributed by atoms with Gasteiger partial charge in [0.2, 0.25) is 0 Å². The lowest BCUT2D eigenvalue weighted by atomic mass is 10.0. The summed E-state index contributed by atoms with van der Waals surface area (Å²) in [5.41, 5.74) is 1.94. The van der Waals surface area contributed by atoms with Crippen LogP contribution in [0.1, 0.15) is 25.5 Å². The van der Waals surface area contributed by atoms with Gasteiger partial charge in [0.05, 0.1) is 18.4 Å².